The van der Waals surface area contributed by atoms with Crippen molar-refractivity contribution >= 4 is 46.8 Å². The van der Waals surface area contributed by atoms with Crippen molar-refractivity contribution in [1.29, 1.82) is 0 Å². The van der Waals surface area contributed by atoms with Crippen LogP contribution in [0.1, 0.15) is 81.1 Å². The van der Waals surface area contributed by atoms with Crippen molar-refractivity contribution < 1.29 is 32.3 Å². The van der Waals surface area contributed by atoms with Gasteiger partial charge in [-0.15, -0.1) is 0 Å². The maximum absolute atomic E-state index is 12.9. The van der Waals surface area contributed by atoms with E-state index in [0.29, 0.717) is 16.3 Å². The summed E-state index contributed by atoms with van der Waals surface area (Å²) >= 11 is 6.03. The number of hydrogen-bond donors (Lipinski definition) is 4. The van der Waals surface area contributed by atoms with Crippen molar-refractivity contribution in [2.75, 3.05) is 30.3 Å². The van der Waals surface area contributed by atoms with Gasteiger partial charge in [0.2, 0.25) is 17.7 Å². The molecule has 2 aliphatic carbocycles. The van der Waals surface area contributed by atoms with E-state index in [1.807, 2.05) is 26.0 Å². The number of anilines is 3. The number of ether oxygens (including phenoxy) is 1. The molecule has 2 aromatic carbocycles. The number of ketones is 1. The number of halogens is 4. The predicted molar refractivity (Wildman–Crippen MR) is 182 cm³/mol. The molecule has 2 amide bonds. The van der Waals surface area contributed by atoms with Crippen LogP contribution in [-0.2, 0) is 15.1 Å². The summed E-state index contributed by atoms with van der Waals surface area (Å²) in [5.41, 5.74) is 0.702. The van der Waals surface area contributed by atoms with Crippen LogP contribution in [0.15, 0.2) is 48.5 Å². The molecule has 1 aromatic heterocycles. The van der Waals surface area contributed by atoms with Crippen LogP contribution in [-0.4, -0.2) is 58.4 Å². The summed E-state index contributed by atoms with van der Waals surface area (Å²) in [6.07, 6.45) is 2.52. The van der Waals surface area contributed by atoms with Gasteiger partial charge in [0.05, 0.1) is 5.54 Å². The average Bonchev–Trinajstić information content (AvgIpc) is 3.86. The molecule has 2 aliphatic rings. The van der Waals surface area contributed by atoms with Gasteiger partial charge >= 0.3 is 12.2 Å². The molecule has 0 spiro atoms. The molecule has 3 aromatic rings. The summed E-state index contributed by atoms with van der Waals surface area (Å²) in [7, 11) is 0. The molecule has 1 heterocycles. The van der Waals surface area contributed by atoms with Crippen LogP contribution >= 0.6 is 11.6 Å². The lowest BCUT2D eigenvalue weighted by Gasteiger charge is -2.25. The quantitative estimate of drug-likeness (QED) is 0.126. The Morgan fingerprint density at radius 3 is 2.16 bits per heavy atom. The van der Waals surface area contributed by atoms with E-state index >= 15 is 0 Å². The third kappa shape index (κ3) is 10.8. The summed E-state index contributed by atoms with van der Waals surface area (Å²) in [6.45, 7) is 2.61. The molecule has 0 radical (unpaired) electrons. The van der Waals surface area contributed by atoms with Crippen molar-refractivity contribution in [2.45, 2.75) is 76.9 Å². The maximum Gasteiger partial charge on any atom is 0.422 e. The van der Waals surface area contributed by atoms with Crippen LogP contribution < -0.4 is 26.0 Å². The van der Waals surface area contributed by atoms with Crippen molar-refractivity contribution in [3.8, 4) is 6.01 Å². The SMILES string of the molecule is CC(C)(CNC(=O)C(=O)CC1CCCCC1)CNC(=O)c1ccc(Nc2nc(NC3(c4ccc(Cl)cc4)CC3)nc(OCC(F)(F)F)n2)cc1. The Morgan fingerprint density at radius 1 is 0.880 bits per heavy atom. The number of carbonyl (C=O) groups is 3. The lowest BCUT2D eigenvalue weighted by Crippen LogP contribution is -2.44. The average molecular weight is 716 g/mol. The minimum absolute atomic E-state index is 0.0236. The van der Waals surface area contributed by atoms with Crippen LogP contribution in [0, 0.1) is 11.3 Å². The van der Waals surface area contributed by atoms with Gasteiger partial charge in [0, 0.05) is 35.8 Å². The van der Waals surface area contributed by atoms with E-state index in [9.17, 15) is 27.6 Å². The molecule has 0 atom stereocenters. The highest BCUT2D eigenvalue weighted by Crippen LogP contribution is 2.48. The first-order valence-electron chi connectivity index (χ1n) is 16.6. The number of nitrogens with one attached hydrogen (secondary N) is 4. The smallest absolute Gasteiger partial charge is 0.422 e. The molecule has 2 saturated carbocycles. The molecule has 0 saturated heterocycles. The standard InChI is InChI=1S/C35H41ClF3N7O4/c1-33(2,20-41-29(49)27(47)18-22-6-4-3-5-7-22)19-40-28(48)23-8-14-26(15-9-23)42-30-43-31(45-32(44-30)50-21-35(37,38)39)46-34(16-17-34)24-10-12-25(36)13-11-24/h8-15,22H,3-7,16-21H2,1-2H3,(H,40,48)(H,41,49)(H2,42,43,44,45,46). The molecule has 0 unspecified atom stereocenters. The topological polar surface area (TPSA) is 147 Å². The molecule has 11 nitrogen and oxygen atoms in total. The highest BCUT2D eigenvalue weighted by atomic mass is 35.5. The minimum atomic E-state index is -4.60. The van der Waals surface area contributed by atoms with Crippen LogP contribution in [0.4, 0.5) is 30.8 Å². The van der Waals surface area contributed by atoms with Gasteiger partial charge in [-0.2, -0.15) is 28.1 Å². The molecule has 50 heavy (non-hydrogen) atoms. The molecule has 4 N–H and O–H groups in total. The highest BCUT2D eigenvalue weighted by Gasteiger charge is 2.45. The highest BCUT2D eigenvalue weighted by molar-refractivity contribution is 6.36. The first-order valence-corrected chi connectivity index (χ1v) is 17.0. The number of rotatable bonds is 15. The van der Waals surface area contributed by atoms with E-state index in [0.717, 1.165) is 44.1 Å². The number of benzene rings is 2. The van der Waals surface area contributed by atoms with Gasteiger partial charge in [-0.1, -0.05) is 69.7 Å². The maximum atomic E-state index is 12.9. The third-order valence-corrected chi connectivity index (χ3v) is 9.04. The Labute approximate surface area is 293 Å². The molecule has 268 valence electrons. The van der Waals surface area contributed by atoms with Gasteiger partial charge in [-0.25, -0.2) is 0 Å². The number of Topliss-reactive ketones (excluding diaryl/α,β-unsaturated/α-hetero) is 1. The second kappa shape index (κ2) is 15.6. The molecule has 2 fully saturated rings. The van der Waals surface area contributed by atoms with Crippen LogP contribution in [0.25, 0.3) is 0 Å². The van der Waals surface area contributed by atoms with E-state index in [-0.39, 0.29) is 43.2 Å². The first kappa shape index (κ1) is 36.8. The Hall–Kier alpha value is -4.46. The van der Waals surface area contributed by atoms with E-state index in [2.05, 4.69) is 36.2 Å². The molecule has 15 heteroatoms. The van der Waals surface area contributed by atoms with Gasteiger partial charge in [-0.05, 0) is 66.1 Å². The summed E-state index contributed by atoms with van der Waals surface area (Å²) in [4.78, 5) is 50.1. The second-order valence-electron chi connectivity index (χ2n) is 13.7. The molecule has 0 bridgehead atoms. The number of hydrogen-bond acceptors (Lipinski definition) is 9. The third-order valence-electron chi connectivity index (χ3n) is 8.79. The van der Waals surface area contributed by atoms with E-state index in [1.165, 1.54) is 6.42 Å². The number of alkyl halides is 3. The van der Waals surface area contributed by atoms with Gasteiger partial charge in [0.1, 0.15) is 0 Å². The predicted octanol–water partition coefficient (Wildman–Crippen LogP) is 6.72. The summed E-state index contributed by atoms with van der Waals surface area (Å²) in [5.74, 6) is -1.11. The Bertz CT molecular complexity index is 1660. The van der Waals surface area contributed by atoms with Crippen LogP contribution in [0.5, 0.6) is 6.01 Å². The van der Waals surface area contributed by atoms with Gasteiger partial charge in [0.25, 0.3) is 11.8 Å². The number of amides is 2. The van der Waals surface area contributed by atoms with Crippen molar-refractivity contribution in [3.05, 3.63) is 64.7 Å². The minimum Gasteiger partial charge on any atom is -0.454 e. The van der Waals surface area contributed by atoms with E-state index in [1.54, 1.807) is 36.4 Å². The zero-order valence-electron chi connectivity index (χ0n) is 28.0. The molecular weight excluding hydrogens is 675 g/mol. The fraction of sp³-hybridized carbons (Fsp3) is 0.486. The van der Waals surface area contributed by atoms with Crippen molar-refractivity contribution in [1.82, 2.24) is 25.6 Å². The van der Waals surface area contributed by atoms with Crippen molar-refractivity contribution in [3.63, 3.8) is 0 Å². The zero-order chi connectivity index (χ0) is 35.9. The summed E-state index contributed by atoms with van der Waals surface area (Å²) < 4.78 is 43.6. The normalized spacial score (nSPS) is 15.9. The second-order valence-corrected chi connectivity index (χ2v) is 14.2. The fourth-order valence-corrected chi connectivity index (χ4v) is 5.88. The van der Waals surface area contributed by atoms with E-state index < -0.39 is 41.4 Å². The van der Waals surface area contributed by atoms with Gasteiger partial charge in [0.15, 0.2) is 6.61 Å². The Balaban J connectivity index is 1.17. The van der Waals surface area contributed by atoms with Gasteiger partial charge < -0.3 is 26.0 Å². The number of nitrogens with zero attached hydrogens (tertiary/aromatic N) is 3. The largest absolute Gasteiger partial charge is 0.454 e. The lowest BCUT2D eigenvalue weighted by molar-refractivity contribution is -0.154. The monoisotopic (exact) mass is 715 g/mol. The molecule has 5 rings (SSSR count). The van der Waals surface area contributed by atoms with E-state index in [4.69, 9.17) is 16.3 Å². The first-order chi connectivity index (χ1) is 23.7. The lowest BCUT2D eigenvalue weighted by atomic mass is 9.85. The van der Waals surface area contributed by atoms with Crippen LogP contribution in [0.3, 0.4) is 0 Å². The Kier molecular flexibility index (Phi) is 11.5. The molecule has 0 aliphatic heterocycles. The summed E-state index contributed by atoms with van der Waals surface area (Å²) in [5, 5.41) is 12.3. The molecular formula is C35H41ClF3N7O4. The fourth-order valence-electron chi connectivity index (χ4n) is 5.76. The number of aromatic nitrogens is 3. The Morgan fingerprint density at radius 2 is 1.52 bits per heavy atom. The van der Waals surface area contributed by atoms with Gasteiger partial charge in [-0.3, -0.25) is 14.4 Å². The zero-order valence-corrected chi connectivity index (χ0v) is 28.7. The van der Waals surface area contributed by atoms with Crippen LogP contribution in [0.2, 0.25) is 5.02 Å². The summed E-state index contributed by atoms with van der Waals surface area (Å²) in [6, 6.07) is 13.0. The number of carbonyl (C=O) groups excluding carboxylic acids is 3. The van der Waals surface area contributed by atoms with Crippen molar-refractivity contribution in [2.24, 2.45) is 11.3 Å².